The van der Waals surface area contributed by atoms with Gasteiger partial charge < -0.3 is 10.1 Å². The molecule has 0 aromatic heterocycles. The highest BCUT2D eigenvalue weighted by molar-refractivity contribution is 7.89. The number of ether oxygens (including phenoxy) is 1. The van der Waals surface area contributed by atoms with Crippen LogP contribution in [0.4, 0.5) is 0 Å². The van der Waals surface area contributed by atoms with Crippen LogP contribution in [0.15, 0.2) is 35.7 Å². The molecule has 0 saturated carbocycles. The van der Waals surface area contributed by atoms with Gasteiger partial charge in [-0.25, -0.2) is 13.2 Å². The van der Waals surface area contributed by atoms with Crippen LogP contribution in [-0.4, -0.2) is 50.8 Å². The maximum Gasteiger partial charge on any atom is 0.338 e. The lowest BCUT2D eigenvalue weighted by Crippen LogP contribution is -2.36. The fourth-order valence-corrected chi connectivity index (χ4v) is 4.47. The second-order valence-electron chi connectivity index (χ2n) is 6.11. The van der Waals surface area contributed by atoms with Crippen LogP contribution in [0, 0.1) is 6.92 Å². The predicted molar refractivity (Wildman–Crippen MR) is 97.3 cm³/mol. The van der Waals surface area contributed by atoms with E-state index in [1.807, 2.05) is 0 Å². The number of carbonyl (C=O) groups is 2. The molecule has 1 aliphatic rings. The number of esters is 1. The number of benzene rings is 1. The van der Waals surface area contributed by atoms with Gasteiger partial charge in [0, 0.05) is 19.6 Å². The van der Waals surface area contributed by atoms with Crippen molar-refractivity contribution < 1.29 is 22.7 Å². The molecule has 8 heteroatoms. The van der Waals surface area contributed by atoms with Crippen molar-refractivity contribution in [3.05, 3.63) is 42.0 Å². The molecule has 0 atom stereocenters. The molecule has 0 radical (unpaired) electrons. The zero-order valence-corrected chi connectivity index (χ0v) is 15.7. The summed E-state index contributed by atoms with van der Waals surface area (Å²) in [5.41, 5.74) is 0.665. The minimum absolute atomic E-state index is 0.0997. The molecular formula is C18H24N2O5S. The van der Waals surface area contributed by atoms with Crippen LogP contribution in [0.25, 0.3) is 0 Å². The highest BCUT2D eigenvalue weighted by atomic mass is 32.2. The number of amides is 1. The third-order valence-electron chi connectivity index (χ3n) is 4.13. The van der Waals surface area contributed by atoms with Crippen LogP contribution in [-0.2, 0) is 19.6 Å². The Hall–Kier alpha value is -2.19. The van der Waals surface area contributed by atoms with Gasteiger partial charge in [0.1, 0.15) is 0 Å². The smallest absolute Gasteiger partial charge is 0.338 e. The van der Waals surface area contributed by atoms with E-state index in [1.165, 1.54) is 22.5 Å². The summed E-state index contributed by atoms with van der Waals surface area (Å²) in [6.45, 7) is 5.97. The summed E-state index contributed by atoms with van der Waals surface area (Å²) in [5, 5.41) is 2.49. The lowest BCUT2D eigenvalue weighted by molar-refractivity contribution is -0.124. The van der Waals surface area contributed by atoms with E-state index in [2.05, 4.69) is 11.9 Å². The van der Waals surface area contributed by atoms with Crippen LogP contribution in [0.2, 0.25) is 0 Å². The molecule has 0 bridgehead atoms. The summed E-state index contributed by atoms with van der Waals surface area (Å²) in [7, 11) is -3.66. The van der Waals surface area contributed by atoms with Gasteiger partial charge in [0.15, 0.2) is 6.61 Å². The Bertz CT molecular complexity index is 783. The molecule has 7 nitrogen and oxygen atoms in total. The van der Waals surface area contributed by atoms with Crippen molar-refractivity contribution in [2.24, 2.45) is 0 Å². The highest BCUT2D eigenvalue weighted by Crippen LogP contribution is 2.24. The van der Waals surface area contributed by atoms with E-state index in [4.69, 9.17) is 4.74 Å². The quantitative estimate of drug-likeness (QED) is 0.573. The lowest BCUT2D eigenvalue weighted by atomic mass is 10.1. The Morgan fingerprint density at radius 1 is 1.27 bits per heavy atom. The fraction of sp³-hybridized carbons (Fsp3) is 0.444. The van der Waals surface area contributed by atoms with Crippen molar-refractivity contribution in [3.63, 3.8) is 0 Å². The van der Waals surface area contributed by atoms with E-state index in [0.717, 1.165) is 19.3 Å². The number of aryl methyl sites for hydroxylation is 1. The summed E-state index contributed by atoms with van der Waals surface area (Å²) in [6.07, 6.45) is 4.20. The normalized spacial score (nSPS) is 15.3. The molecule has 1 aliphatic heterocycles. The van der Waals surface area contributed by atoms with Crippen LogP contribution in [0.1, 0.15) is 35.2 Å². The van der Waals surface area contributed by atoms with E-state index in [0.29, 0.717) is 18.7 Å². The molecule has 1 heterocycles. The van der Waals surface area contributed by atoms with Gasteiger partial charge in [0.25, 0.3) is 5.91 Å². The second kappa shape index (κ2) is 8.95. The molecule has 1 amide bonds. The molecule has 26 heavy (non-hydrogen) atoms. The van der Waals surface area contributed by atoms with Gasteiger partial charge >= 0.3 is 5.97 Å². The minimum Gasteiger partial charge on any atom is -0.452 e. The standard InChI is InChI=1S/C18H24N2O5S/c1-3-9-19-17(21)13-25-18(22)15-8-7-14(2)16(12-15)26(23,24)20-10-5-4-6-11-20/h3,7-8,12H,1,4-6,9-11,13H2,2H3,(H,19,21). The third kappa shape index (κ3) is 4.92. The monoisotopic (exact) mass is 380 g/mol. The minimum atomic E-state index is -3.66. The van der Waals surface area contributed by atoms with Crippen LogP contribution < -0.4 is 5.32 Å². The number of sulfonamides is 1. The molecule has 0 aliphatic carbocycles. The number of rotatable bonds is 7. The van der Waals surface area contributed by atoms with E-state index in [9.17, 15) is 18.0 Å². The Kier molecular flexibility index (Phi) is 6.93. The molecule has 1 aromatic carbocycles. The van der Waals surface area contributed by atoms with Crippen LogP contribution >= 0.6 is 0 Å². The average Bonchev–Trinajstić information content (AvgIpc) is 2.65. The van der Waals surface area contributed by atoms with Crippen molar-refractivity contribution in [3.8, 4) is 0 Å². The fourth-order valence-electron chi connectivity index (χ4n) is 2.70. The van der Waals surface area contributed by atoms with E-state index in [1.54, 1.807) is 13.0 Å². The number of hydrogen-bond donors (Lipinski definition) is 1. The molecule has 1 aromatic rings. The van der Waals surface area contributed by atoms with Crippen LogP contribution in [0.3, 0.4) is 0 Å². The number of piperidine rings is 1. The lowest BCUT2D eigenvalue weighted by Gasteiger charge is -2.26. The van der Waals surface area contributed by atoms with E-state index in [-0.39, 0.29) is 17.0 Å². The largest absolute Gasteiger partial charge is 0.452 e. The van der Waals surface area contributed by atoms with Crippen molar-refractivity contribution >= 4 is 21.9 Å². The van der Waals surface area contributed by atoms with Crippen LogP contribution in [0.5, 0.6) is 0 Å². The summed E-state index contributed by atoms with van der Waals surface area (Å²) in [5.74, 6) is -1.19. The Labute approximate surface area is 154 Å². The topological polar surface area (TPSA) is 92.8 Å². The molecular weight excluding hydrogens is 356 g/mol. The third-order valence-corrected chi connectivity index (χ3v) is 6.18. The molecule has 142 valence electrons. The zero-order valence-electron chi connectivity index (χ0n) is 14.9. The molecule has 0 spiro atoms. The molecule has 1 saturated heterocycles. The average molecular weight is 380 g/mol. The number of nitrogens with one attached hydrogen (secondary N) is 1. The second-order valence-corrected chi connectivity index (χ2v) is 8.02. The summed E-state index contributed by atoms with van der Waals surface area (Å²) >= 11 is 0. The Morgan fingerprint density at radius 2 is 1.96 bits per heavy atom. The first-order chi connectivity index (χ1) is 12.4. The number of nitrogens with zero attached hydrogens (tertiary/aromatic N) is 1. The first-order valence-corrected chi connectivity index (χ1v) is 9.96. The molecule has 0 unspecified atom stereocenters. The predicted octanol–water partition coefficient (Wildman–Crippen LogP) is 1.63. The number of hydrogen-bond acceptors (Lipinski definition) is 5. The van der Waals surface area contributed by atoms with E-state index < -0.39 is 28.5 Å². The maximum atomic E-state index is 12.9. The van der Waals surface area contributed by atoms with Crippen molar-refractivity contribution in [2.45, 2.75) is 31.1 Å². The van der Waals surface area contributed by atoms with Gasteiger partial charge in [0.2, 0.25) is 10.0 Å². The van der Waals surface area contributed by atoms with Gasteiger partial charge in [-0.2, -0.15) is 4.31 Å². The van der Waals surface area contributed by atoms with Gasteiger partial charge in [-0.05, 0) is 37.5 Å². The van der Waals surface area contributed by atoms with Crippen molar-refractivity contribution in [2.75, 3.05) is 26.2 Å². The van der Waals surface area contributed by atoms with Gasteiger partial charge in [0.05, 0.1) is 10.5 Å². The van der Waals surface area contributed by atoms with Crippen molar-refractivity contribution in [1.29, 1.82) is 0 Å². The first-order valence-electron chi connectivity index (χ1n) is 8.52. The Balaban J connectivity index is 2.14. The van der Waals surface area contributed by atoms with Gasteiger partial charge in [-0.15, -0.1) is 6.58 Å². The van der Waals surface area contributed by atoms with Crippen molar-refractivity contribution in [1.82, 2.24) is 9.62 Å². The summed E-state index contributed by atoms with van der Waals surface area (Å²) in [6, 6.07) is 4.39. The maximum absolute atomic E-state index is 12.9. The van der Waals surface area contributed by atoms with Gasteiger partial charge in [-0.1, -0.05) is 18.6 Å². The highest BCUT2D eigenvalue weighted by Gasteiger charge is 2.28. The molecule has 1 fully saturated rings. The number of carbonyl (C=O) groups excluding carboxylic acids is 2. The first kappa shape index (κ1) is 20.1. The van der Waals surface area contributed by atoms with Gasteiger partial charge in [-0.3, -0.25) is 4.79 Å². The molecule has 2 rings (SSSR count). The van der Waals surface area contributed by atoms with E-state index >= 15 is 0 Å². The summed E-state index contributed by atoms with van der Waals surface area (Å²) < 4.78 is 32.1. The summed E-state index contributed by atoms with van der Waals surface area (Å²) in [4.78, 5) is 23.7. The SMILES string of the molecule is C=CCNC(=O)COC(=O)c1ccc(C)c(S(=O)(=O)N2CCCCC2)c1. The zero-order chi connectivity index (χ0) is 19.2. The molecule has 1 N–H and O–H groups in total. The Morgan fingerprint density at radius 3 is 2.62 bits per heavy atom.